The summed E-state index contributed by atoms with van der Waals surface area (Å²) < 4.78 is 12.2. The second-order valence-electron chi connectivity index (χ2n) is 8.72. The van der Waals surface area contributed by atoms with Crippen molar-refractivity contribution in [1.82, 2.24) is 0 Å². The predicted octanol–water partition coefficient (Wildman–Crippen LogP) is 5.92. The van der Waals surface area contributed by atoms with Gasteiger partial charge in [-0.25, -0.2) is 0 Å². The molecular formula is C25H31NO6. The van der Waals surface area contributed by atoms with E-state index in [9.17, 15) is 14.9 Å². The molecule has 2 aromatic carbocycles. The minimum atomic E-state index is -0.861. The van der Waals surface area contributed by atoms with Crippen LogP contribution in [0.15, 0.2) is 30.3 Å². The Morgan fingerprint density at radius 1 is 1.16 bits per heavy atom. The smallest absolute Gasteiger partial charge is 0.311 e. The summed E-state index contributed by atoms with van der Waals surface area (Å²) in [6.45, 7) is 8.12. The molecule has 2 aromatic rings. The Morgan fingerprint density at radius 2 is 1.94 bits per heavy atom. The summed E-state index contributed by atoms with van der Waals surface area (Å²) in [7, 11) is 0. The zero-order chi connectivity index (χ0) is 23.3. The molecule has 0 fully saturated rings. The molecule has 0 radical (unpaired) electrons. The van der Waals surface area contributed by atoms with Crippen LogP contribution in [0, 0.1) is 17.0 Å². The summed E-state index contributed by atoms with van der Waals surface area (Å²) in [6.07, 6.45) is 4.38. The molecular weight excluding hydrogens is 410 g/mol. The maximum atomic E-state index is 12.5. The van der Waals surface area contributed by atoms with Gasteiger partial charge in [0, 0.05) is 12.0 Å². The fourth-order valence-electron chi connectivity index (χ4n) is 4.04. The van der Waals surface area contributed by atoms with Crippen LogP contribution in [0.3, 0.4) is 0 Å². The summed E-state index contributed by atoms with van der Waals surface area (Å²) in [6, 6.07) is 10.2. The molecule has 0 spiro atoms. The SMILES string of the molecule is CCCCCc1cc(OC(=O)CCCO[N+](=O)[O-])c2c(c1)OC(C)(C)c1ccc(C)cc1-2. The lowest BCUT2D eigenvalue weighted by Crippen LogP contribution is -2.29. The third-order valence-corrected chi connectivity index (χ3v) is 5.60. The van der Waals surface area contributed by atoms with Crippen molar-refractivity contribution in [1.29, 1.82) is 0 Å². The lowest BCUT2D eigenvalue weighted by atomic mass is 9.84. The average Bonchev–Trinajstić information content (AvgIpc) is 2.70. The topological polar surface area (TPSA) is 87.9 Å². The Labute approximate surface area is 188 Å². The van der Waals surface area contributed by atoms with Crippen molar-refractivity contribution < 1.29 is 24.2 Å². The molecule has 0 aromatic heterocycles. The molecule has 0 saturated heterocycles. The monoisotopic (exact) mass is 441 g/mol. The average molecular weight is 442 g/mol. The number of fused-ring (bicyclic) bond motifs is 3. The third-order valence-electron chi connectivity index (χ3n) is 5.60. The number of hydrogen-bond donors (Lipinski definition) is 0. The standard InChI is InChI=1S/C25H31NO6/c1-5-6-7-9-18-15-21(31-23(27)10-8-13-30-26(28)29)24-19-14-17(2)11-12-20(19)25(3,4)32-22(24)16-18/h11-12,14-16H,5-10,13H2,1-4H3. The van der Waals surface area contributed by atoms with Crippen LogP contribution < -0.4 is 9.47 Å². The fourth-order valence-corrected chi connectivity index (χ4v) is 4.04. The van der Waals surface area contributed by atoms with Crippen LogP contribution in [0.2, 0.25) is 0 Å². The van der Waals surface area contributed by atoms with E-state index in [1.807, 2.05) is 26.8 Å². The van der Waals surface area contributed by atoms with E-state index in [-0.39, 0.29) is 19.4 Å². The van der Waals surface area contributed by atoms with Crippen molar-refractivity contribution >= 4 is 5.97 Å². The first kappa shape index (κ1) is 23.6. The van der Waals surface area contributed by atoms with Gasteiger partial charge in [0.1, 0.15) is 17.1 Å². The zero-order valence-corrected chi connectivity index (χ0v) is 19.2. The van der Waals surface area contributed by atoms with E-state index in [0.717, 1.165) is 53.5 Å². The normalized spacial score (nSPS) is 13.5. The Morgan fingerprint density at radius 3 is 2.66 bits per heavy atom. The van der Waals surface area contributed by atoms with Gasteiger partial charge in [0.2, 0.25) is 0 Å². The van der Waals surface area contributed by atoms with Crippen LogP contribution in [0.25, 0.3) is 11.1 Å². The van der Waals surface area contributed by atoms with E-state index >= 15 is 0 Å². The number of ether oxygens (including phenoxy) is 2. The molecule has 7 heteroatoms. The number of carbonyl (C=O) groups is 1. The molecule has 0 aliphatic carbocycles. The Hall–Kier alpha value is -3.09. The van der Waals surface area contributed by atoms with Gasteiger partial charge in [0.15, 0.2) is 0 Å². The maximum Gasteiger partial charge on any atom is 0.311 e. The lowest BCUT2D eigenvalue weighted by Gasteiger charge is -2.36. The summed E-state index contributed by atoms with van der Waals surface area (Å²) in [4.78, 5) is 27.1. The first-order valence-electron chi connectivity index (χ1n) is 11.2. The summed E-state index contributed by atoms with van der Waals surface area (Å²) in [5, 5.41) is 9.43. The van der Waals surface area contributed by atoms with Crippen molar-refractivity contribution in [2.45, 2.75) is 71.8 Å². The largest absolute Gasteiger partial charge is 0.482 e. The second kappa shape index (κ2) is 10.0. The fraction of sp³-hybridized carbons (Fsp3) is 0.480. The van der Waals surface area contributed by atoms with E-state index < -0.39 is 16.7 Å². The number of hydrogen-bond acceptors (Lipinski definition) is 6. The first-order chi connectivity index (χ1) is 15.2. The molecule has 0 saturated carbocycles. The number of carbonyl (C=O) groups excluding carboxylic acids is 1. The molecule has 32 heavy (non-hydrogen) atoms. The molecule has 0 bridgehead atoms. The Bertz CT molecular complexity index is 998. The van der Waals surface area contributed by atoms with Gasteiger partial charge in [-0.3, -0.25) is 4.79 Å². The van der Waals surface area contributed by atoms with Crippen molar-refractivity contribution in [2.75, 3.05) is 6.61 Å². The van der Waals surface area contributed by atoms with E-state index in [1.165, 1.54) is 0 Å². The highest BCUT2D eigenvalue weighted by atomic mass is 16.9. The molecule has 3 rings (SSSR count). The van der Waals surface area contributed by atoms with Gasteiger partial charge < -0.3 is 14.3 Å². The highest BCUT2D eigenvalue weighted by molar-refractivity contribution is 5.85. The Kier molecular flexibility index (Phi) is 7.38. The van der Waals surface area contributed by atoms with Crippen LogP contribution in [-0.2, 0) is 21.7 Å². The quantitative estimate of drug-likeness (QED) is 0.150. The zero-order valence-electron chi connectivity index (χ0n) is 19.2. The summed E-state index contributed by atoms with van der Waals surface area (Å²) in [5.41, 5.74) is 4.45. The molecule has 172 valence electrons. The Balaban J connectivity index is 1.95. The van der Waals surface area contributed by atoms with Crippen molar-refractivity contribution in [3.8, 4) is 22.6 Å². The van der Waals surface area contributed by atoms with E-state index in [0.29, 0.717) is 11.5 Å². The third kappa shape index (κ3) is 5.58. The number of unbranched alkanes of at least 4 members (excludes halogenated alkanes) is 2. The molecule has 7 nitrogen and oxygen atoms in total. The first-order valence-corrected chi connectivity index (χ1v) is 11.2. The maximum absolute atomic E-state index is 12.5. The van der Waals surface area contributed by atoms with Crippen LogP contribution >= 0.6 is 0 Å². The number of aryl methyl sites for hydroxylation is 2. The summed E-state index contributed by atoms with van der Waals surface area (Å²) >= 11 is 0. The molecule has 0 unspecified atom stereocenters. The van der Waals surface area contributed by atoms with E-state index in [4.69, 9.17) is 9.47 Å². The van der Waals surface area contributed by atoms with Gasteiger partial charge in [0.05, 0.1) is 12.2 Å². The van der Waals surface area contributed by atoms with Crippen molar-refractivity contribution in [3.05, 3.63) is 57.1 Å². The van der Waals surface area contributed by atoms with Gasteiger partial charge in [-0.2, -0.15) is 0 Å². The number of rotatable bonds is 10. The molecule has 0 atom stereocenters. The molecule has 1 heterocycles. The molecule has 0 amide bonds. The van der Waals surface area contributed by atoms with Crippen molar-refractivity contribution in [2.24, 2.45) is 0 Å². The number of esters is 1. The van der Waals surface area contributed by atoms with Gasteiger partial charge in [-0.1, -0.05) is 43.5 Å². The van der Waals surface area contributed by atoms with Crippen molar-refractivity contribution in [3.63, 3.8) is 0 Å². The molecule has 0 N–H and O–H groups in total. The number of benzene rings is 2. The van der Waals surface area contributed by atoms with Crippen LogP contribution in [0.1, 0.15) is 69.6 Å². The summed E-state index contributed by atoms with van der Waals surface area (Å²) in [5.74, 6) is 0.724. The van der Waals surface area contributed by atoms with Gasteiger partial charge in [0.25, 0.3) is 5.09 Å². The van der Waals surface area contributed by atoms with E-state index in [2.05, 4.69) is 36.0 Å². The molecule has 1 aliphatic heterocycles. The van der Waals surface area contributed by atoms with Crippen LogP contribution in [0.5, 0.6) is 11.5 Å². The highest BCUT2D eigenvalue weighted by Crippen LogP contribution is 2.50. The van der Waals surface area contributed by atoms with Crippen LogP contribution in [0.4, 0.5) is 0 Å². The number of nitrogens with zero attached hydrogens (tertiary/aromatic N) is 1. The molecule has 1 aliphatic rings. The minimum Gasteiger partial charge on any atom is -0.482 e. The minimum absolute atomic E-state index is 0.0235. The van der Waals surface area contributed by atoms with Gasteiger partial charge in [-0.15, -0.1) is 10.1 Å². The van der Waals surface area contributed by atoms with Gasteiger partial charge in [-0.05, 0) is 63.3 Å². The second-order valence-corrected chi connectivity index (χ2v) is 8.72. The predicted molar refractivity (Wildman–Crippen MR) is 121 cm³/mol. The lowest BCUT2D eigenvalue weighted by molar-refractivity contribution is -0.757. The highest BCUT2D eigenvalue weighted by Gasteiger charge is 2.35. The van der Waals surface area contributed by atoms with Crippen LogP contribution in [-0.4, -0.2) is 17.7 Å². The van der Waals surface area contributed by atoms with Gasteiger partial charge >= 0.3 is 5.97 Å². The van der Waals surface area contributed by atoms with E-state index in [1.54, 1.807) is 0 Å².